The molecule has 0 aliphatic carbocycles. The Labute approximate surface area is 191 Å². The van der Waals surface area contributed by atoms with Gasteiger partial charge in [0.1, 0.15) is 11.5 Å². The Bertz CT molecular complexity index is 1160. The van der Waals surface area contributed by atoms with Crippen LogP contribution in [0.25, 0.3) is 11.3 Å². The van der Waals surface area contributed by atoms with E-state index in [1.807, 2.05) is 0 Å². The molecule has 0 fully saturated rings. The molecule has 0 bridgehead atoms. The predicted molar refractivity (Wildman–Crippen MR) is 116 cm³/mol. The van der Waals surface area contributed by atoms with Gasteiger partial charge >= 0.3 is 12.5 Å². The van der Waals surface area contributed by atoms with Gasteiger partial charge in [-0.05, 0) is 48.4 Å². The number of alkyl halides is 3. The van der Waals surface area contributed by atoms with Crippen LogP contribution >= 0.6 is 11.3 Å². The Kier molecular flexibility index (Phi) is 7.88. The van der Waals surface area contributed by atoms with Crippen LogP contribution in [0.5, 0.6) is 11.5 Å². The molecule has 2 amide bonds. The highest BCUT2D eigenvalue weighted by atomic mass is 32.1. The molecule has 0 saturated carbocycles. The van der Waals surface area contributed by atoms with Crippen LogP contribution in [0.3, 0.4) is 0 Å². The minimum atomic E-state index is -4.78. The fraction of sp³-hybridized carbons (Fsp3) is 0.227. The zero-order chi connectivity index (χ0) is 23.8. The Morgan fingerprint density at radius 1 is 1.06 bits per heavy atom. The first-order valence-electron chi connectivity index (χ1n) is 9.82. The largest absolute Gasteiger partial charge is 0.573 e. The lowest BCUT2D eigenvalue weighted by Crippen LogP contribution is -2.25. The lowest BCUT2D eigenvalue weighted by molar-refractivity contribution is -0.274. The van der Waals surface area contributed by atoms with Gasteiger partial charge in [0.05, 0.1) is 5.69 Å². The highest BCUT2D eigenvalue weighted by molar-refractivity contribution is 7.07. The summed E-state index contributed by atoms with van der Waals surface area (Å²) in [7, 11) is 0. The summed E-state index contributed by atoms with van der Waals surface area (Å²) in [6, 6.07) is 13.9. The van der Waals surface area contributed by atoms with Crippen LogP contribution in [0, 0.1) is 0 Å². The van der Waals surface area contributed by atoms with E-state index in [2.05, 4.69) is 15.0 Å². The van der Waals surface area contributed by atoms with Crippen LogP contribution < -0.4 is 19.6 Å². The summed E-state index contributed by atoms with van der Waals surface area (Å²) in [5.74, 6) is -0.155. The van der Waals surface area contributed by atoms with E-state index in [4.69, 9.17) is 4.74 Å². The maximum atomic E-state index is 12.4. The number of carbonyl (C=O) groups excluding carboxylic acids is 2. The van der Waals surface area contributed by atoms with E-state index in [0.717, 1.165) is 0 Å². The molecular formula is C22H20F3N3O4S. The number of halogens is 3. The molecule has 33 heavy (non-hydrogen) atoms. The Morgan fingerprint density at radius 2 is 1.76 bits per heavy atom. The summed E-state index contributed by atoms with van der Waals surface area (Å²) >= 11 is 1.19. The number of carbonyl (C=O) groups is 2. The number of hydrogen-bond donors (Lipinski definition) is 1. The third-order valence-corrected chi connectivity index (χ3v) is 5.11. The quantitative estimate of drug-likeness (QED) is 0.497. The summed E-state index contributed by atoms with van der Waals surface area (Å²) < 4.78 is 48.2. The van der Waals surface area contributed by atoms with Gasteiger partial charge < -0.3 is 19.4 Å². The van der Waals surface area contributed by atoms with Crippen molar-refractivity contribution in [1.29, 1.82) is 0 Å². The van der Waals surface area contributed by atoms with Crippen molar-refractivity contribution in [3.63, 3.8) is 0 Å². The first-order chi connectivity index (χ1) is 15.7. The fourth-order valence-electron chi connectivity index (χ4n) is 2.88. The highest BCUT2D eigenvalue weighted by Gasteiger charge is 2.31. The fourth-order valence-corrected chi connectivity index (χ4v) is 3.81. The molecule has 3 aromatic rings. The number of hydrogen-bond acceptors (Lipinski definition) is 5. The maximum absolute atomic E-state index is 12.4. The van der Waals surface area contributed by atoms with Crippen LogP contribution in [0.2, 0.25) is 0 Å². The number of rotatable bonds is 7. The van der Waals surface area contributed by atoms with Crippen LogP contribution in [0.4, 0.5) is 18.0 Å². The number of para-hydroxylation sites is 1. The van der Waals surface area contributed by atoms with Crippen molar-refractivity contribution < 1.29 is 32.2 Å². The number of ether oxygens (including phenoxy) is 2. The molecule has 0 aliphatic heterocycles. The molecule has 1 N–H and O–H groups in total. The van der Waals surface area contributed by atoms with Crippen molar-refractivity contribution in [2.45, 2.75) is 26.3 Å². The minimum absolute atomic E-state index is 0.165. The summed E-state index contributed by atoms with van der Waals surface area (Å²) in [5.41, 5.74) is 1.26. The number of thiazole rings is 1. The summed E-state index contributed by atoms with van der Waals surface area (Å²) in [6.07, 6.45) is -5.04. The van der Waals surface area contributed by atoms with E-state index in [9.17, 15) is 22.8 Å². The molecule has 7 nitrogen and oxygen atoms in total. The molecule has 3 rings (SSSR count). The topological polar surface area (TPSA) is 81.9 Å². The average Bonchev–Trinajstić information content (AvgIpc) is 3.13. The third-order valence-electron chi connectivity index (χ3n) is 4.25. The van der Waals surface area contributed by atoms with E-state index in [1.54, 1.807) is 40.3 Å². The average molecular weight is 479 g/mol. The van der Waals surface area contributed by atoms with Crippen molar-refractivity contribution in [2.75, 3.05) is 6.54 Å². The standard InChI is InChI=1S/C22H20F3N3O4S/c1-15(29)26-12-5-13-28-19(16-8-10-18(11-9-16)32-22(23,24)25)14-33-20(28)27-21(30)31-17-6-3-2-4-7-17/h2-4,6-11,14H,5,12-13H2,1H3,(H,26,29)/b27-20-. The SMILES string of the molecule is CC(=O)NCCCn1c(-c2ccc(OC(F)(F)F)cc2)cs/c1=N\C(=O)Oc1ccccc1. The van der Waals surface area contributed by atoms with Gasteiger partial charge in [0.2, 0.25) is 5.91 Å². The van der Waals surface area contributed by atoms with E-state index in [0.29, 0.717) is 41.3 Å². The van der Waals surface area contributed by atoms with Crippen molar-refractivity contribution >= 4 is 23.3 Å². The van der Waals surface area contributed by atoms with Crippen LogP contribution in [0.15, 0.2) is 65.0 Å². The Hall–Kier alpha value is -3.60. The lowest BCUT2D eigenvalue weighted by atomic mass is 10.1. The second-order valence-corrected chi connectivity index (χ2v) is 7.59. The summed E-state index contributed by atoms with van der Waals surface area (Å²) in [5, 5.41) is 4.44. The van der Waals surface area contributed by atoms with Gasteiger partial charge in [0.15, 0.2) is 4.80 Å². The smallest absolute Gasteiger partial charge is 0.409 e. The van der Waals surface area contributed by atoms with E-state index < -0.39 is 12.5 Å². The molecule has 0 saturated heterocycles. The van der Waals surface area contributed by atoms with Gasteiger partial charge in [-0.2, -0.15) is 0 Å². The molecule has 0 radical (unpaired) electrons. The molecule has 0 aliphatic rings. The van der Waals surface area contributed by atoms with Crippen LogP contribution in [-0.2, 0) is 11.3 Å². The van der Waals surface area contributed by atoms with Crippen molar-refractivity contribution in [3.8, 4) is 22.8 Å². The summed E-state index contributed by atoms with van der Waals surface area (Å²) in [4.78, 5) is 27.8. The Morgan fingerprint density at radius 3 is 2.39 bits per heavy atom. The predicted octanol–water partition coefficient (Wildman–Crippen LogP) is 4.74. The third kappa shape index (κ3) is 7.49. The number of nitrogens with one attached hydrogen (secondary N) is 1. The van der Waals surface area contributed by atoms with Crippen molar-refractivity contribution in [2.24, 2.45) is 4.99 Å². The zero-order valence-electron chi connectivity index (χ0n) is 17.5. The van der Waals surface area contributed by atoms with Gasteiger partial charge in [-0.25, -0.2) is 4.79 Å². The van der Waals surface area contributed by atoms with Crippen LogP contribution in [-0.4, -0.2) is 29.5 Å². The maximum Gasteiger partial charge on any atom is 0.573 e. The second-order valence-electron chi connectivity index (χ2n) is 6.76. The van der Waals surface area contributed by atoms with Crippen LogP contribution in [0.1, 0.15) is 13.3 Å². The molecule has 1 heterocycles. The second kappa shape index (κ2) is 10.8. The van der Waals surface area contributed by atoms with Gasteiger partial charge in [-0.1, -0.05) is 18.2 Å². The molecule has 0 atom stereocenters. The molecular weight excluding hydrogens is 459 g/mol. The van der Waals surface area contributed by atoms with Gasteiger partial charge in [0, 0.05) is 25.4 Å². The first-order valence-corrected chi connectivity index (χ1v) is 10.7. The zero-order valence-corrected chi connectivity index (χ0v) is 18.3. The highest BCUT2D eigenvalue weighted by Crippen LogP contribution is 2.27. The number of benzene rings is 2. The monoisotopic (exact) mass is 479 g/mol. The van der Waals surface area contributed by atoms with E-state index in [1.165, 1.54) is 42.5 Å². The number of nitrogens with zero attached hydrogens (tertiary/aromatic N) is 2. The van der Waals surface area contributed by atoms with Gasteiger partial charge in [-0.3, -0.25) is 4.79 Å². The number of amides is 2. The molecule has 2 aromatic carbocycles. The lowest BCUT2D eigenvalue weighted by Gasteiger charge is -2.11. The molecule has 11 heteroatoms. The van der Waals surface area contributed by atoms with E-state index in [-0.39, 0.29) is 11.7 Å². The van der Waals surface area contributed by atoms with Gasteiger partial charge in [-0.15, -0.1) is 29.5 Å². The van der Waals surface area contributed by atoms with Gasteiger partial charge in [0.25, 0.3) is 0 Å². The molecule has 0 unspecified atom stereocenters. The Balaban J connectivity index is 1.87. The molecule has 1 aromatic heterocycles. The van der Waals surface area contributed by atoms with Crippen molar-refractivity contribution in [1.82, 2.24) is 9.88 Å². The van der Waals surface area contributed by atoms with E-state index >= 15 is 0 Å². The first kappa shape index (κ1) is 24.1. The minimum Gasteiger partial charge on any atom is -0.409 e. The number of aromatic nitrogens is 1. The molecule has 174 valence electrons. The molecule has 0 spiro atoms. The van der Waals surface area contributed by atoms with Crippen molar-refractivity contribution in [3.05, 3.63) is 64.8 Å². The summed E-state index contributed by atoms with van der Waals surface area (Å²) in [6.45, 7) is 2.22. The normalized spacial score (nSPS) is 11.8.